The third-order valence-corrected chi connectivity index (χ3v) is 5.66. The Morgan fingerprint density at radius 2 is 1.61 bits per heavy atom. The monoisotopic (exact) mass is 498 g/mol. The van der Waals surface area contributed by atoms with Gasteiger partial charge in [0.05, 0.1) is 31.7 Å². The summed E-state index contributed by atoms with van der Waals surface area (Å²) in [6.07, 6.45) is 0.619. The fourth-order valence-corrected chi connectivity index (χ4v) is 3.77. The first kappa shape index (κ1) is 26.5. The number of carbonyl (C=O) groups excluding carboxylic acids is 2. The fourth-order valence-electron chi connectivity index (χ4n) is 3.77. The molecule has 2 aromatic carbocycles. The number of nitrogens with one attached hydrogen (secondary N) is 2. The third-order valence-electron chi connectivity index (χ3n) is 5.66. The number of ether oxygens (including phenoxy) is 3. The molecule has 1 heterocycles. The fraction of sp³-hybridized carbons (Fsp3) is 0.360. The second-order valence-electron chi connectivity index (χ2n) is 7.96. The molecule has 0 bridgehead atoms. The predicted octanol–water partition coefficient (Wildman–Crippen LogP) is 0.741. The highest BCUT2D eigenvalue weighted by Gasteiger charge is 2.19. The Balaban J connectivity index is 2.09. The van der Waals surface area contributed by atoms with Crippen molar-refractivity contribution < 1.29 is 23.8 Å². The number of amides is 2. The van der Waals surface area contributed by atoms with Crippen LogP contribution in [0.5, 0.6) is 11.5 Å². The van der Waals surface area contributed by atoms with E-state index in [-0.39, 0.29) is 35.8 Å². The molecule has 0 radical (unpaired) electrons. The largest absolute Gasteiger partial charge is 0.493 e. The number of benzene rings is 2. The molecule has 0 aliphatic rings. The summed E-state index contributed by atoms with van der Waals surface area (Å²) in [5, 5.41) is 5.49. The van der Waals surface area contributed by atoms with Gasteiger partial charge in [-0.15, -0.1) is 0 Å². The quantitative estimate of drug-likeness (QED) is 0.373. The van der Waals surface area contributed by atoms with E-state index in [1.807, 2.05) is 0 Å². The zero-order chi connectivity index (χ0) is 26.2. The van der Waals surface area contributed by atoms with Crippen LogP contribution < -0.4 is 31.4 Å². The molecule has 192 valence electrons. The maximum absolute atomic E-state index is 13.5. The highest BCUT2D eigenvalue weighted by molar-refractivity contribution is 5.94. The first-order valence-corrected chi connectivity index (χ1v) is 11.3. The van der Waals surface area contributed by atoms with Gasteiger partial charge in [-0.2, -0.15) is 0 Å². The Bertz CT molecular complexity index is 1360. The van der Waals surface area contributed by atoms with Crippen LogP contribution in [-0.2, 0) is 22.6 Å². The smallest absolute Gasteiger partial charge is 0.332 e. The van der Waals surface area contributed by atoms with Crippen molar-refractivity contribution in [3.05, 3.63) is 68.4 Å². The molecule has 0 aliphatic carbocycles. The molecule has 0 saturated heterocycles. The Labute approximate surface area is 207 Å². The molecule has 0 unspecified atom stereocenters. The number of rotatable bonds is 11. The van der Waals surface area contributed by atoms with Crippen molar-refractivity contribution in [1.82, 2.24) is 19.8 Å². The van der Waals surface area contributed by atoms with Gasteiger partial charge in [0, 0.05) is 38.9 Å². The van der Waals surface area contributed by atoms with E-state index in [0.29, 0.717) is 42.2 Å². The summed E-state index contributed by atoms with van der Waals surface area (Å²) in [4.78, 5) is 51.3. The standard InChI is InChI=1S/C25H30N4O7/c1-26-23(31)17-8-6-16(7-9-17)14-29-24(32)18-12-20(35-3)21(36-4)13-19(18)28(25(29)33)15-22(30)27-10-5-11-34-2/h6-9,12-13H,5,10-11,14-15H2,1-4H3,(H,26,31)(H,27,30). The van der Waals surface area contributed by atoms with Crippen molar-refractivity contribution in [3.8, 4) is 11.5 Å². The van der Waals surface area contributed by atoms with Crippen molar-refractivity contribution in [2.75, 3.05) is 41.5 Å². The van der Waals surface area contributed by atoms with Crippen LogP contribution in [0.25, 0.3) is 10.9 Å². The van der Waals surface area contributed by atoms with Gasteiger partial charge in [-0.05, 0) is 30.2 Å². The van der Waals surface area contributed by atoms with E-state index in [2.05, 4.69) is 10.6 Å². The van der Waals surface area contributed by atoms with Crippen molar-refractivity contribution in [3.63, 3.8) is 0 Å². The van der Waals surface area contributed by atoms with Crippen LogP contribution in [0.3, 0.4) is 0 Å². The zero-order valence-corrected chi connectivity index (χ0v) is 20.8. The summed E-state index contributed by atoms with van der Waals surface area (Å²) >= 11 is 0. The SMILES string of the molecule is CNC(=O)c1ccc(Cn2c(=O)c3cc(OC)c(OC)cc3n(CC(=O)NCCCOC)c2=O)cc1. The maximum Gasteiger partial charge on any atom is 0.332 e. The van der Waals surface area contributed by atoms with Crippen LogP contribution in [-0.4, -0.2) is 62.5 Å². The molecule has 0 saturated carbocycles. The zero-order valence-electron chi connectivity index (χ0n) is 20.8. The summed E-state index contributed by atoms with van der Waals surface area (Å²) in [5.74, 6) is 0.00661. The van der Waals surface area contributed by atoms with Gasteiger partial charge < -0.3 is 24.8 Å². The topological polar surface area (TPSA) is 130 Å². The maximum atomic E-state index is 13.5. The highest BCUT2D eigenvalue weighted by Crippen LogP contribution is 2.30. The van der Waals surface area contributed by atoms with Crippen molar-refractivity contribution in [2.45, 2.75) is 19.5 Å². The molecule has 11 nitrogen and oxygen atoms in total. The lowest BCUT2D eigenvalue weighted by atomic mass is 10.1. The van der Waals surface area contributed by atoms with Crippen LogP contribution in [0.1, 0.15) is 22.3 Å². The second kappa shape index (κ2) is 12.0. The Morgan fingerprint density at radius 3 is 2.22 bits per heavy atom. The Kier molecular flexibility index (Phi) is 8.85. The molecule has 3 aromatic rings. The van der Waals surface area contributed by atoms with Crippen molar-refractivity contribution in [1.29, 1.82) is 0 Å². The van der Waals surface area contributed by atoms with Crippen molar-refractivity contribution >= 4 is 22.7 Å². The van der Waals surface area contributed by atoms with Crippen LogP contribution in [0.2, 0.25) is 0 Å². The van der Waals surface area contributed by atoms with E-state index in [1.165, 1.54) is 38.0 Å². The first-order valence-electron chi connectivity index (χ1n) is 11.3. The van der Waals surface area contributed by atoms with Crippen molar-refractivity contribution in [2.24, 2.45) is 0 Å². The minimum atomic E-state index is -0.651. The number of nitrogens with zero attached hydrogens (tertiary/aromatic N) is 2. The summed E-state index contributed by atoms with van der Waals surface area (Å²) in [5.41, 5.74) is 0.148. The minimum absolute atomic E-state index is 0.0502. The van der Waals surface area contributed by atoms with Crippen LogP contribution in [0, 0.1) is 0 Å². The normalized spacial score (nSPS) is 10.8. The molecule has 2 amide bonds. The van der Waals surface area contributed by atoms with Gasteiger partial charge in [-0.3, -0.25) is 23.5 Å². The van der Waals surface area contributed by atoms with Gasteiger partial charge in [0.15, 0.2) is 11.5 Å². The molecule has 2 N–H and O–H groups in total. The van der Waals surface area contributed by atoms with Gasteiger partial charge in [0.25, 0.3) is 11.5 Å². The number of methoxy groups -OCH3 is 3. The number of fused-ring (bicyclic) bond motifs is 1. The molecule has 0 fully saturated rings. The predicted molar refractivity (Wildman–Crippen MR) is 134 cm³/mol. The molecule has 0 atom stereocenters. The summed E-state index contributed by atoms with van der Waals surface area (Å²) in [7, 11) is 5.99. The average molecular weight is 499 g/mol. The van der Waals surface area contributed by atoms with E-state index in [0.717, 1.165) is 4.57 Å². The lowest BCUT2D eigenvalue weighted by Gasteiger charge is -2.16. The molecule has 0 aliphatic heterocycles. The Hall–Kier alpha value is -4.12. The molecular weight excluding hydrogens is 468 g/mol. The van der Waals surface area contributed by atoms with Crippen LogP contribution in [0.4, 0.5) is 0 Å². The first-order chi connectivity index (χ1) is 17.3. The van der Waals surface area contributed by atoms with E-state index in [1.54, 1.807) is 31.4 Å². The number of hydrogen-bond acceptors (Lipinski definition) is 7. The van der Waals surface area contributed by atoms with Gasteiger partial charge in [-0.1, -0.05) is 12.1 Å². The average Bonchev–Trinajstić information content (AvgIpc) is 2.90. The van der Waals surface area contributed by atoms with Crippen LogP contribution in [0.15, 0.2) is 46.0 Å². The van der Waals surface area contributed by atoms with Gasteiger partial charge >= 0.3 is 5.69 Å². The third kappa shape index (κ3) is 5.74. The summed E-state index contributed by atoms with van der Waals surface area (Å²) < 4.78 is 18.0. The number of hydrogen-bond donors (Lipinski definition) is 2. The number of aromatic nitrogens is 2. The highest BCUT2D eigenvalue weighted by atomic mass is 16.5. The number of carbonyl (C=O) groups is 2. The second-order valence-corrected chi connectivity index (χ2v) is 7.96. The lowest BCUT2D eigenvalue weighted by molar-refractivity contribution is -0.121. The van der Waals surface area contributed by atoms with E-state index < -0.39 is 11.2 Å². The van der Waals surface area contributed by atoms with Gasteiger partial charge in [-0.25, -0.2) is 4.79 Å². The van der Waals surface area contributed by atoms with Crippen LogP contribution >= 0.6 is 0 Å². The summed E-state index contributed by atoms with van der Waals surface area (Å²) in [6.45, 7) is 0.524. The van der Waals surface area contributed by atoms with Gasteiger partial charge in [0.1, 0.15) is 6.54 Å². The minimum Gasteiger partial charge on any atom is -0.493 e. The molecule has 1 aromatic heterocycles. The summed E-state index contributed by atoms with van der Waals surface area (Å²) in [6, 6.07) is 9.57. The molecule has 3 rings (SSSR count). The van der Waals surface area contributed by atoms with Gasteiger partial charge in [0.2, 0.25) is 5.91 Å². The lowest BCUT2D eigenvalue weighted by Crippen LogP contribution is -2.43. The Morgan fingerprint density at radius 1 is 0.944 bits per heavy atom. The van der Waals surface area contributed by atoms with E-state index >= 15 is 0 Å². The van der Waals surface area contributed by atoms with E-state index in [9.17, 15) is 19.2 Å². The molecule has 36 heavy (non-hydrogen) atoms. The molecular formula is C25H30N4O7. The van der Waals surface area contributed by atoms with E-state index in [4.69, 9.17) is 14.2 Å². The molecule has 0 spiro atoms. The molecule has 11 heteroatoms.